The zero-order chi connectivity index (χ0) is 12.6. The summed E-state index contributed by atoms with van der Waals surface area (Å²) in [5.41, 5.74) is 0.929. The van der Waals surface area contributed by atoms with E-state index in [0.29, 0.717) is 5.92 Å². The van der Waals surface area contributed by atoms with Gasteiger partial charge in [0, 0.05) is 13.4 Å². The van der Waals surface area contributed by atoms with Gasteiger partial charge in [0.05, 0.1) is 6.10 Å². The first-order chi connectivity index (χ1) is 7.90. The largest absolute Gasteiger partial charge is 0.381 e. The molecule has 1 fully saturated rings. The molecule has 2 rings (SSSR count). The maximum atomic E-state index is 11.4. The van der Waals surface area contributed by atoms with E-state index in [-0.39, 0.29) is 16.3 Å². The summed E-state index contributed by atoms with van der Waals surface area (Å²) in [7, 11) is -1.63. The second-order valence-electron chi connectivity index (χ2n) is 4.36. The predicted octanol–water partition coefficient (Wildman–Crippen LogP) is 2.03. The van der Waals surface area contributed by atoms with Crippen LogP contribution in [-0.2, 0) is 14.6 Å². The Bertz CT molecular complexity index is 524. The van der Waals surface area contributed by atoms with Crippen molar-refractivity contribution in [3.8, 4) is 0 Å². The topological polar surface area (TPSA) is 56.3 Å². The molecule has 0 saturated heterocycles. The Balaban J connectivity index is 2.28. The molecular weight excluding hydrogens is 262 g/mol. The molecule has 0 radical (unpaired) electrons. The van der Waals surface area contributed by atoms with Crippen molar-refractivity contribution in [2.75, 3.05) is 13.4 Å². The molecule has 1 aromatic heterocycles. The van der Waals surface area contributed by atoms with E-state index in [4.69, 9.17) is 16.3 Å². The van der Waals surface area contributed by atoms with Crippen molar-refractivity contribution in [2.24, 2.45) is 0 Å². The highest BCUT2D eigenvalue weighted by molar-refractivity contribution is 7.90. The highest BCUT2D eigenvalue weighted by Gasteiger charge is 2.31. The van der Waals surface area contributed by atoms with Gasteiger partial charge in [-0.25, -0.2) is 13.4 Å². The molecule has 1 aromatic rings. The Labute approximate surface area is 106 Å². The van der Waals surface area contributed by atoms with Gasteiger partial charge < -0.3 is 4.74 Å². The molecule has 1 aliphatic rings. The van der Waals surface area contributed by atoms with Gasteiger partial charge in [-0.3, -0.25) is 0 Å². The van der Waals surface area contributed by atoms with Gasteiger partial charge in [-0.1, -0.05) is 11.6 Å². The van der Waals surface area contributed by atoms with E-state index in [1.807, 2.05) is 0 Å². The number of sulfone groups is 1. The van der Waals surface area contributed by atoms with Crippen LogP contribution in [0.2, 0.25) is 5.15 Å². The Morgan fingerprint density at radius 2 is 2.06 bits per heavy atom. The normalized spacial score (nSPS) is 24.4. The number of rotatable bonds is 3. The number of methoxy groups -OCH3 is 1. The Morgan fingerprint density at radius 1 is 1.41 bits per heavy atom. The SMILES string of the molecule is CO[C@H]1C[C@@H](c2cc(Cl)nc(S(C)(=O)=O)c2)C1. The molecule has 0 N–H and O–H groups in total. The first-order valence-electron chi connectivity index (χ1n) is 5.30. The highest BCUT2D eigenvalue weighted by atomic mass is 35.5. The molecule has 4 nitrogen and oxygen atoms in total. The van der Waals surface area contributed by atoms with Gasteiger partial charge in [-0.2, -0.15) is 0 Å². The number of aromatic nitrogens is 1. The fourth-order valence-corrected chi connectivity index (χ4v) is 2.83. The summed E-state index contributed by atoms with van der Waals surface area (Å²) in [4.78, 5) is 3.83. The summed E-state index contributed by atoms with van der Waals surface area (Å²) in [6, 6.07) is 3.34. The van der Waals surface area contributed by atoms with Crippen molar-refractivity contribution in [3.05, 3.63) is 22.8 Å². The van der Waals surface area contributed by atoms with Crippen LogP contribution >= 0.6 is 11.6 Å². The maximum Gasteiger partial charge on any atom is 0.192 e. The van der Waals surface area contributed by atoms with E-state index in [1.54, 1.807) is 19.2 Å². The van der Waals surface area contributed by atoms with E-state index in [2.05, 4.69) is 4.98 Å². The molecule has 1 aliphatic carbocycles. The molecule has 0 atom stereocenters. The van der Waals surface area contributed by atoms with Crippen LogP contribution in [0.25, 0.3) is 0 Å². The Hall–Kier alpha value is -0.650. The summed E-state index contributed by atoms with van der Waals surface area (Å²) >= 11 is 5.84. The van der Waals surface area contributed by atoms with Gasteiger partial charge in [-0.05, 0) is 36.5 Å². The molecule has 1 saturated carbocycles. The van der Waals surface area contributed by atoms with Crippen LogP contribution in [-0.4, -0.2) is 32.9 Å². The minimum absolute atomic E-state index is 0.0425. The van der Waals surface area contributed by atoms with Gasteiger partial charge in [0.2, 0.25) is 0 Å². The highest BCUT2D eigenvalue weighted by Crippen LogP contribution is 2.39. The minimum atomic E-state index is -3.31. The van der Waals surface area contributed by atoms with Crippen LogP contribution in [0.15, 0.2) is 17.2 Å². The molecule has 0 bridgehead atoms. The van der Waals surface area contributed by atoms with E-state index >= 15 is 0 Å². The monoisotopic (exact) mass is 275 g/mol. The molecule has 17 heavy (non-hydrogen) atoms. The average molecular weight is 276 g/mol. The number of ether oxygens (including phenoxy) is 1. The van der Waals surface area contributed by atoms with Crippen molar-refractivity contribution < 1.29 is 13.2 Å². The number of halogens is 1. The fourth-order valence-electron chi connectivity index (χ4n) is 1.95. The van der Waals surface area contributed by atoms with Crippen LogP contribution in [0.1, 0.15) is 24.3 Å². The third kappa shape index (κ3) is 2.78. The van der Waals surface area contributed by atoms with Crippen LogP contribution in [0.5, 0.6) is 0 Å². The second kappa shape index (κ2) is 4.55. The zero-order valence-corrected chi connectivity index (χ0v) is 11.3. The van der Waals surface area contributed by atoms with Crippen LogP contribution < -0.4 is 0 Å². The molecule has 94 valence electrons. The predicted molar refractivity (Wildman–Crippen MR) is 65.1 cm³/mol. The lowest BCUT2D eigenvalue weighted by Crippen LogP contribution is -2.28. The third-order valence-electron chi connectivity index (χ3n) is 3.07. The molecular formula is C11H14ClNO3S. The van der Waals surface area contributed by atoms with Crippen molar-refractivity contribution in [1.82, 2.24) is 4.98 Å². The summed E-state index contributed by atoms with van der Waals surface area (Å²) in [6.45, 7) is 0. The smallest absolute Gasteiger partial charge is 0.192 e. The number of nitrogens with zero attached hydrogens (tertiary/aromatic N) is 1. The standard InChI is InChI=1S/C11H14ClNO3S/c1-16-9-3-7(4-9)8-5-10(12)13-11(6-8)17(2,14)15/h5-7,9H,3-4H2,1-2H3/t7-,9+. The fraction of sp³-hybridized carbons (Fsp3) is 0.545. The van der Waals surface area contributed by atoms with Gasteiger partial charge in [0.1, 0.15) is 5.15 Å². The van der Waals surface area contributed by atoms with Crippen LogP contribution in [0.4, 0.5) is 0 Å². The van der Waals surface area contributed by atoms with Crippen molar-refractivity contribution in [3.63, 3.8) is 0 Å². The van der Waals surface area contributed by atoms with E-state index in [1.165, 1.54) is 0 Å². The van der Waals surface area contributed by atoms with Gasteiger partial charge in [-0.15, -0.1) is 0 Å². The Kier molecular flexibility index (Phi) is 3.43. The Morgan fingerprint density at radius 3 is 2.59 bits per heavy atom. The lowest BCUT2D eigenvalue weighted by molar-refractivity contribution is 0.0257. The van der Waals surface area contributed by atoms with E-state index < -0.39 is 9.84 Å². The lowest BCUT2D eigenvalue weighted by Gasteiger charge is -2.34. The first kappa shape index (κ1) is 12.8. The first-order valence-corrected chi connectivity index (χ1v) is 7.57. The van der Waals surface area contributed by atoms with Crippen molar-refractivity contribution in [1.29, 1.82) is 0 Å². The van der Waals surface area contributed by atoms with Crippen LogP contribution in [0, 0.1) is 0 Å². The van der Waals surface area contributed by atoms with Crippen molar-refractivity contribution >= 4 is 21.4 Å². The summed E-state index contributed by atoms with van der Waals surface area (Å²) < 4.78 is 28.1. The second-order valence-corrected chi connectivity index (χ2v) is 6.71. The number of hydrogen-bond acceptors (Lipinski definition) is 4. The number of hydrogen-bond donors (Lipinski definition) is 0. The van der Waals surface area contributed by atoms with E-state index in [0.717, 1.165) is 24.7 Å². The third-order valence-corrected chi connectivity index (χ3v) is 4.23. The van der Waals surface area contributed by atoms with E-state index in [9.17, 15) is 8.42 Å². The molecule has 1 heterocycles. The summed E-state index contributed by atoms with van der Waals surface area (Å²) in [5.74, 6) is 0.320. The molecule has 0 spiro atoms. The maximum absolute atomic E-state index is 11.4. The van der Waals surface area contributed by atoms with Crippen LogP contribution in [0.3, 0.4) is 0 Å². The average Bonchev–Trinajstić information content (AvgIpc) is 2.13. The zero-order valence-electron chi connectivity index (χ0n) is 9.68. The van der Waals surface area contributed by atoms with Gasteiger partial charge in [0.25, 0.3) is 0 Å². The molecule has 0 amide bonds. The molecule has 0 aliphatic heterocycles. The van der Waals surface area contributed by atoms with Gasteiger partial charge in [0.15, 0.2) is 14.9 Å². The number of pyridine rings is 1. The molecule has 0 aromatic carbocycles. The summed E-state index contributed by atoms with van der Waals surface area (Å²) in [5, 5.41) is 0.268. The van der Waals surface area contributed by atoms with Gasteiger partial charge >= 0.3 is 0 Å². The van der Waals surface area contributed by atoms with Crippen molar-refractivity contribution in [2.45, 2.75) is 29.9 Å². The molecule has 6 heteroatoms. The minimum Gasteiger partial charge on any atom is -0.381 e. The molecule has 0 unspecified atom stereocenters. The summed E-state index contributed by atoms with van der Waals surface area (Å²) in [6.07, 6.45) is 3.21. The lowest BCUT2D eigenvalue weighted by atomic mass is 9.78. The quantitative estimate of drug-likeness (QED) is 0.792.